The SMILES string of the molecule is CC#CCSCC(N)C(=O)OC. The highest BCUT2D eigenvalue weighted by molar-refractivity contribution is 7.99. The van der Waals surface area contributed by atoms with Gasteiger partial charge in [-0.05, 0) is 6.92 Å². The fraction of sp³-hybridized carbons (Fsp3) is 0.625. The molecule has 1 unspecified atom stereocenters. The Morgan fingerprint density at radius 3 is 2.92 bits per heavy atom. The van der Waals surface area contributed by atoms with Crippen LogP contribution in [0.25, 0.3) is 0 Å². The van der Waals surface area contributed by atoms with Gasteiger partial charge in [-0.25, -0.2) is 0 Å². The zero-order valence-corrected chi connectivity index (χ0v) is 8.11. The van der Waals surface area contributed by atoms with Crippen molar-refractivity contribution in [1.82, 2.24) is 0 Å². The molecular formula is C8H13NO2S. The van der Waals surface area contributed by atoms with E-state index in [9.17, 15) is 4.79 Å². The Balaban J connectivity index is 3.47. The molecule has 0 aliphatic heterocycles. The lowest BCUT2D eigenvalue weighted by Crippen LogP contribution is -2.33. The third-order valence-corrected chi connectivity index (χ3v) is 2.10. The average Bonchev–Trinajstić information content (AvgIpc) is 2.10. The molecule has 0 radical (unpaired) electrons. The molecule has 0 fully saturated rings. The van der Waals surface area contributed by atoms with E-state index in [0.717, 1.165) is 0 Å². The van der Waals surface area contributed by atoms with Crippen molar-refractivity contribution in [3.05, 3.63) is 0 Å². The minimum atomic E-state index is -0.529. The number of carbonyl (C=O) groups is 1. The molecule has 0 rings (SSSR count). The lowest BCUT2D eigenvalue weighted by molar-refractivity contribution is -0.141. The fourth-order valence-electron chi connectivity index (χ4n) is 0.529. The van der Waals surface area contributed by atoms with Crippen LogP contribution in [-0.4, -0.2) is 30.6 Å². The number of hydrogen-bond acceptors (Lipinski definition) is 4. The van der Waals surface area contributed by atoms with E-state index < -0.39 is 6.04 Å². The van der Waals surface area contributed by atoms with Crippen molar-refractivity contribution in [3.63, 3.8) is 0 Å². The highest BCUT2D eigenvalue weighted by Crippen LogP contribution is 2.00. The summed E-state index contributed by atoms with van der Waals surface area (Å²) < 4.78 is 4.46. The Hall–Kier alpha value is -0.660. The van der Waals surface area contributed by atoms with Gasteiger partial charge in [-0.15, -0.1) is 17.7 Å². The van der Waals surface area contributed by atoms with E-state index in [1.165, 1.54) is 18.9 Å². The van der Waals surface area contributed by atoms with Crippen molar-refractivity contribution >= 4 is 17.7 Å². The zero-order chi connectivity index (χ0) is 9.40. The Morgan fingerprint density at radius 1 is 1.75 bits per heavy atom. The van der Waals surface area contributed by atoms with Crippen molar-refractivity contribution in [1.29, 1.82) is 0 Å². The normalized spacial score (nSPS) is 11.2. The monoisotopic (exact) mass is 187 g/mol. The molecule has 1 atom stereocenters. The van der Waals surface area contributed by atoms with Gasteiger partial charge in [0.2, 0.25) is 0 Å². The van der Waals surface area contributed by atoms with Crippen LogP contribution in [0.15, 0.2) is 0 Å². The Morgan fingerprint density at radius 2 is 2.42 bits per heavy atom. The number of rotatable bonds is 4. The molecule has 0 aromatic carbocycles. The molecule has 68 valence electrons. The Bertz CT molecular complexity index is 195. The third-order valence-electron chi connectivity index (χ3n) is 1.15. The molecule has 4 heteroatoms. The number of methoxy groups -OCH3 is 1. The van der Waals surface area contributed by atoms with Gasteiger partial charge in [0.05, 0.1) is 12.9 Å². The van der Waals surface area contributed by atoms with Gasteiger partial charge in [0.15, 0.2) is 0 Å². The maximum Gasteiger partial charge on any atom is 0.323 e. The van der Waals surface area contributed by atoms with Gasteiger partial charge in [0.1, 0.15) is 6.04 Å². The number of thioether (sulfide) groups is 1. The second-order valence-corrected chi connectivity index (χ2v) is 3.10. The number of esters is 1. The highest BCUT2D eigenvalue weighted by Gasteiger charge is 2.12. The van der Waals surface area contributed by atoms with E-state index in [1.54, 1.807) is 6.92 Å². The van der Waals surface area contributed by atoms with Crippen molar-refractivity contribution in [2.45, 2.75) is 13.0 Å². The molecule has 0 amide bonds. The summed E-state index contributed by atoms with van der Waals surface area (Å²) in [6.07, 6.45) is 0. The summed E-state index contributed by atoms with van der Waals surface area (Å²) in [7, 11) is 1.33. The van der Waals surface area contributed by atoms with Gasteiger partial charge >= 0.3 is 5.97 Å². The van der Waals surface area contributed by atoms with Gasteiger partial charge in [-0.1, -0.05) is 5.92 Å². The number of carbonyl (C=O) groups excluding carboxylic acids is 1. The van der Waals surface area contributed by atoms with Crippen molar-refractivity contribution in [2.75, 3.05) is 18.6 Å². The van der Waals surface area contributed by atoms with E-state index >= 15 is 0 Å². The summed E-state index contributed by atoms with van der Waals surface area (Å²) in [6.45, 7) is 1.78. The van der Waals surface area contributed by atoms with E-state index in [-0.39, 0.29) is 5.97 Å². The number of ether oxygens (including phenoxy) is 1. The van der Waals surface area contributed by atoms with Crippen molar-refractivity contribution in [3.8, 4) is 11.8 Å². The number of hydrogen-bond donors (Lipinski definition) is 1. The summed E-state index contributed by atoms with van der Waals surface area (Å²) in [5.74, 6) is 6.52. The largest absolute Gasteiger partial charge is 0.468 e. The smallest absolute Gasteiger partial charge is 0.323 e. The van der Waals surface area contributed by atoms with Crippen molar-refractivity contribution < 1.29 is 9.53 Å². The maximum absolute atomic E-state index is 10.8. The first-order chi connectivity index (χ1) is 5.72. The summed E-state index contributed by atoms with van der Waals surface area (Å²) in [4.78, 5) is 10.8. The average molecular weight is 187 g/mol. The molecule has 0 spiro atoms. The Labute approximate surface area is 77.0 Å². The summed E-state index contributed by atoms with van der Waals surface area (Å²) in [5.41, 5.74) is 5.47. The maximum atomic E-state index is 10.8. The van der Waals surface area contributed by atoms with Gasteiger partial charge in [-0.2, -0.15) is 0 Å². The molecule has 0 aromatic rings. The predicted octanol–water partition coefficient (Wildman–Crippen LogP) is 0.243. The van der Waals surface area contributed by atoms with Crippen LogP contribution >= 0.6 is 11.8 Å². The molecular weight excluding hydrogens is 174 g/mol. The first-order valence-corrected chi connectivity index (χ1v) is 4.68. The summed E-state index contributed by atoms with van der Waals surface area (Å²) in [5, 5.41) is 0. The molecule has 0 aromatic heterocycles. The molecule has 3 nitrogen and oxygen atoms in total. The third kappa shape index (κ3) is 5.05. The summed E-state index contributed by atoms with van der Waals surface area (Å²) >= 11 is 1.53. The van der Waals surface area contributed by atoms with E-state index in [0.29, 0.717) is 11.5 Å². The first kappa shape index (κ1) is 11.3. The van der Waals surface area contributed by atoms with Crippen LogP contribution < -0.4 is 5.73 Å². The van der Waals surface area contributed by atoms with Crippen LogP contribution in [0.2, 0.25) is 0 Å². The molecule has 0 aliphatic rings. The van der Waals surface area contributed by atoms with Gasteiger partial charge in [0.25, 0.3) is 0 Å². The van der Waals surface area contributed by atoms with Crippen LogP contribution in [-0.2, 0) is 9.53 Å². The van der Waals surface area contributed by atoms with Crippen LogP contribution in [0.1, 0.15) is 6.92 Å². The second kappa shape index (κ2) is 7.01. The molecule has 2 N–H and O–H groups in total. The first-order valence-electron chi connectivity index (χ1n) is 3.53. The topological polar surface area (TPSA) is 52.3 Å². The molecule has 0 saturated carbocycles. The minimum absolute atomic E-state index is 0.369. The minimum Gasteiger partial charge on any atom is -0.468 e. The molecule has 0 heterocycles. The molecule has 0 aliphatic carbocycles. The van der Waals surface area contributed by atoms with Gasteiger partial charge in [0, 0.05) is 5.75 Å². The van der Waals surface area contributed by atoms with Crippen LogP contribution in [0.3, 0.4) is 0 Å². The lowest BCUT2D eigenvalue weighted by Gasteiger charge is -2.06. The molecule has 12 heavy (non-hydrogen) atoms. The number of nitrogens with two attached hydrogens (primary N) is 1. The van der Waals surface area contributed by atoms with Crippen LogP contribution in [0.5, 0.6) is 0 Å². The molecule has 0 bridgehead atoms. The van der Waals surface area contributed by atoms with Crippen molar-refractivity contribution in [2.24, 2.45) is 5.73 Å². The van der Waals surface area contributed by atoms with Crippen LogP contribution in [0.4, 0.5) is 0 Å². The second-order valence-electron chi connectivity index (χ2n) is 2.07. The highest BCUT2D eigenvalue weighted by atomic mass is 32.2. The van der Waals surface area contributed by atoms with Gasteiger partial charge < -0.3 is 10.5 Å². The quantitative estimate of drug-likeness (QED) is 0.389. The molecule has 0 saturated heterocycles. The Kier molecular flexibility index (Phi) is 6.63. The van der Waals surface area contributed by atoms with E-state index in [1.807, 2.05) is 0 Å². The van der Waals surface area contributed by atoms with E-state index in [2.05, 4.69) is 16.6 Å². The van der Waals surface area contributed by atoms with Gasteiger partial charge in [-0.3, -0.25) is 4.79 Å². The summed E-state index contributed by atoms with van der Waals surface area (Å²) in [6, 6.07) is -0.529. The predicted molar refractivity (Wildman–Crippen MR) is 50.8 cm³/mol. The van der Waals surface area contributed by atoms with Crippen LogP contribution in [0, 0.1) is 11.8 Å². The fourth-order valence-corrected chi connectivity index (χ4v) is 1.28. The van der Waals surface area contributed by atoms with E-state index in [4.69, 9.17) is 5.73 Å². The lowest BCUT2D eigenvalue weighted by atomic mass is 10.4. The standard InChI is InChI=1S/C8H13NO2S/c1-3-4-5-12-6-7(9)8(10)11-2/h7H,5-6,9H2,1-2H3. The zero-order valence-electron chi connectivity index (χ0n) is 7.29.